The van der Waals surface area contributed by atoms with Crippen molar-refractivity contribution in [3.05, 3.63) is 70.8 Å². The van der Waals surface area contributed by atoms with E-state index in [4.69, 9.17) is 0 Å². The average molecular weight is 390 g/mol. The van der Waals surface area contributed by atoms with Crippen LogP contribution in [0, 0.1) is 6.92 Å². The van der Waals surface area contributed by atoms with Crippen molar-refractivity contribution in [2.45, 2.75) is 38.4 Å². The predicted octanol–water partition coefficient (Wildman–Crippen LogP) is 4.51. The smallest absolute Gasteiger partial charge is 0.354 e. The van der Waals surface area contributed by atoms with Crippen molar-refractivity contribution in [1.29, 1.82) is 0 Å². The van der Waals surface area contributed by atoms with E-state index in [1.54, 1.807) is 6.07 Å². The van der Waals surface area contributed by atoms with E-state index in [9.17, 15) is 18.0 Å². The highest BCUT2D eigenvalue weighted by Gasteiger charge is 2.30. The number of nitrogens with one attached hydrogen (secondary N) is 1. The SMILES string of the molecule is Cc1ccc(C(CNC(=O)Cc2cccc(C(F)(F)F)c2)N2CCCC2)cc1. The molecule has 1 saturated heterocycles. The van der Waals surface area contributed by atoms with Crippen molar-refractivity contribution >= 4 is 5.91 Å². The van der Waals surface area contributed by atoms with E-state index in [1.165, 1.54) is 11.6 Å². The van der Waals surface area contributed by atoms with Crippen LogP contribution in [0.4, 0.5) is 13.2 Å². The van der Waals surface area contributed by atoms with Gasteiger partial charge in [-0.15, -0.1) is 0 Å². The number of amides is 1. The number of hydrogen-bond acceptors (Lipinski definition) is 2. The van der Waals surface area contributed by atoms with Crippen LogP contribution in [0.1, 0.15) is 41.1 Å². The van der Waals surface area contributed by atoms with Crippen LogP contribution in [0.5, 0.6) is 0 Å². The lowest BCUT2D eigenvalue weighted by atomic mass is 10.0. The van der Waals surface area contributed by atoms with Crippen molar-refractivity contribution in [3.63, 3.8) is 0 Å². The summed E-state index contributed by atoms with van der Waals surface area (Å²) in [7, 11) is 0. The zero-order valence-electron chi connectivity index (χ0n) is 15.9. The maximum Gasteiger partial charge on any atom is 0.416 e. The zero-order valence-corrected chi connectivity index (χ0v) is 15.9. The molecule has 1 heterocycles. The van der Waals surface area contributed by atoms with Crippen molar-refractivity contribution in [2.24, 2.45) is 0 Å². The number of likely N-dealkylation sites (tertiary alicyclic amines) is 1. The van der Waals surface area contributed by atoms with Crippen LogP contribution in [0.3, 0.4) is 0 Å². The molecule has 1 aliphatic heterocycles. The largest absolute Gasteiger partial charge is 0.416 e. The van der Waals surface area contributed by atoms with E-state index >= 15 is 0 Å². The Morgan fingerprint density at radius 3 is 2.43 bits per heavy atom. The summed E-state index contributed by atoms with van der Waals surface area (Å²) >= 11 is 0. The van der Waals surface area contributed by atoms with E-state index in [0.717, 1.165) is 43.6 Å². The molecule has 28 heavy (non-hydrogen) atoms. The third-order valence-electron chi connectivity index (χ3n) is 5.16. The van der Waals surface area contributed by atoms with Gasteiger partial charge < -0.3 is 5.32 Å². The molecule has 0 radical (unpaired) electrons. The molecule has 3 nitrogen and oxygen atoms in total. The van der Waals surface area contributed by atoms with Gasteiger partial charge in [-0.25, -0.2) is 0 Å². The minimum Gasteiger partial charge on any atom is -0.354 e. The monoisotopic (exact) mass is 390 g/mol. The molecular formula is C22H25F3N2O. The number of carbonyl (C=O) groups is 1. The van der Waals surface area contributed by atoms with Crippen molar-refractivity contribution in [2.75, 3.05) is 19.6 Å². The summed E-state index contributed by atoms with van der Waals surface area (Å²) in [5.41, 5.74) is 1.96. The second-order valence-electron chi connectivity index (χ2n) is 7.35. The molecule has 2 aromatic carbocycles. The first-order chi connectivity index (χ1) is 13.3. The molecule has 0 aliphatic carbocycles. The van der Waals surface area contributed by atoms with Gasteiger partial charge in [0.2, 0.25) is 5.91 Å². The maximum absolute atomic E-state index is 12.8. The Morgan fingerprint density at radius 1 is 1.11 bits per heavy atom. The molecule has 1 fully saturated rings. The quantitative estimate of drug-likeness (QED) is 0.787. The molecule has 1 aliphatic rings. The summed E-state index contributed by atoms with van der Waals surface area (Å²) in [6.07, 6.45) is -2.19. The van der Waals surface area contributed by atoms with Gasteiger partial charge in [-0.1, -0.05) is 48.0 Å². The van der Waals surface area contributed by atoms with Crippen LogP contribution in [0.25, 0.3) is 0 Å². The minimum absolute atomic E-state index is 0.0649. The van der Waals surface area contributed by atoms with Gasteiger partial charge in [-0.2, -0.15) is 13.2 Å². The summed E-state index contributed by atoms with van der Waals surface area (Å²) in [5.74, 6) is -0.268. The number of nitrogens with zero attached hydrogens (tertiary/aromatic N) is 1. The van der Waals surface area contributed by atoms with Crippen LogP contribution in [-0.4, -0.2) is 30.4 Å². The summed E-state index contributed by atoms with van der Waals surface area (Å²) < 4.78 is 38.5. The molecule has 0 saturated carbocycles. The fraction of sp³-hybridized carbons (Fsp3) is 0.409. The highest BCUT2D eigenvalue weighted by Crippen LogP contribution is 2.29. The molecule has 1 atom stereocenters. The Hall–Kier alpha value is -2.34. The molecule has 2 aromatic rings. The fourth-order valence-corrected chi connectivity index (χ4v) is 3.62. The maximum atomic E-state index is 12.8. The Morgan fingerprint density at radius 2 is 1.79 bits per heavy atom. The van der Waals surface area contributed by atoms with E-state index < -0.39 is 11.7 Å². The summed E-state index contributed by atoms with van der Waals surface area (Å²) in [5, 5.41) is 2.92. The van der Waals surface area contributed by atoms with Crippen LogP contribution in [0.2, 0.25) is 0 Å². The number of carbonyl (C=O) groups excluding carboxylic acids is 1. The standard InChI is InChI=1S/C22H25F3N2O/c1-16-7-9-18(10-8-16)20(27-11-2-3-12-27)15-26-21(28)14-17-5-4-6-19(13-17)22(23,24)25/h4-10,13,20H,2-3,11-12,14-15H2,1H3,(H,26,28). The second kappa shape index (κ2) is 8.78. The van der Waals surface area contributed by atoms with Gasteiger partial charge in [0, 0.05) is 6.54 Å². The van der Waals surface area contributed by atoms with Crippen LogP contribution >= 0.6 is 0 Å². The molecule has 150 valence electrons. The summed E-state index contributed by atoms with van der Waals surface area (Å²) in [4.78, 5) is 14.7. The Bertz CT molecular complexity index is 796. The Labute approximate surface area is 163 Å². The molecular weight excluding hydrogens is 365 g/mol. The number of alkyl halides is 3. The van der Waals surface area contributed by atoms with Gasteiger partial charge in [-0.05, 0) is 50.0 Å². The van der Waals surface area contributed by atoms with Gasteiger partial charge in [0.05, 0.1) is 18.0 Å². The van der Waals surface area contributed by atoms with Gasteiger partial charge in [0.1, 0.15) is 0 Å². The molecule has 0 aromatic heterocycles. The predicted molar refractivity (Wildman–Crippen MR) is 103 cm³/mol. The molecule has 6 heteroatoms. The average Bonchev–Trinajstić information content (AvgIpc) is 3.17. The molecule has 3 rings (SSSR count). The topological polar surface area (TPSA) is 32.3 Å². The van der Waals surface area contributed by atoms with Gasteiger partial charge in [0.15, 0.2) is 0 Å². The first-order valence-electron chi connectivity index (χ1n) is 9.56. The number of halogens is 3. The molecule has 1 amide bonds. The van der Waals surface area contributed by atoms with Gasteiger partial charge in [-0.3, -0.25) is 9.69 Å². The summed E-state index contributed by atoms with van der Waals surface area (Å²) in [6.45, 7) is 4.45. The third kappa shape index (κ3) is 5.35. The summed E-state index contributed by atoms with van der Waals surface area (Å²) in [6, 6.07) is 13.3. The lowest BCUT2D eigenvalue weighted by molar-refractivity contribution is -0.137. The number of rotatable bonds is 6. The van der Waals surface area contributed by atoms with Crippen molar-refractivity contribution in [1.82, 2.24) is 10.2 Å². The van der Waals surface area contributed by atoms with E-state index in [0.29, 0.717) is 12.1 Å². The number of aryl methyl sites for hydroxylation is 1. The van der Waals surface area contributed by atoms with E-state index in [2.05, 4.69) is 34.5 Å². The number of benzene rings is 2. The third-order valence-corrected chi connectivity index (χ3v) is 5.16. The van der Waals surface area contributed by atoms with Crippen molar-refractivity contribution < 1.29 is 18.0 Å². The Kier molecular flexibility index (Phi) is 6.39. The first-order valence-corrected chi connectivity index (χ1v) is 9.56. The highest BCUT2D eigenvalue weighted by atomic mass is 19.4. The molecule has 0 bridgehead atoms. The lowest BCUT2D eigenvalue weighted by Crippen LogP contribution is -2.37. The first kappa shape index (κ1) is 20.4. The minimum atomic E-state index is -4.40. The molecule has 1 N–H and O–H groups in total. The van der Waals surface area contributed by atoms with Crippen LogP contribution in [0.15, 0.2) is 48.5 Å². The van der Waals surface area contributed by atoms with Crippen LogP contribution in [-0.2, 0) is 17.4 Å². The van der Waals surface area contributed by atoms with Crippen LogP contribution < -0.4 is 5.32 Å². The second-order valence-corrected chi connectivity index (χ2v) is 7.35. The molecule has 1 unspecified atom stereocenters. The Balaban J connectivity index is 1.64. The fourth-order valence-electron chi connectivity index (χ4n) is 3.62. The normalized spacial score (nSPS) is 16.1. The van der Waals surface area contributed by atoms with E-state index in [-0.39, 0.29) is 18.4 Å². The number of hydrogen-bond donors (Lipinski definition) is 1. The highest BCUT2D eigenvalue weighted by molar-refractivity contribution is 5.78. The lowest BCUT2D eigenvalue weighted by Gasteiger charge is -2.28. The van der Waals surface area contributed by atoms with Gasteiger partial charge in [0.25, 0.3) is 0 Å². The molecule has 0 spiro atoms. The van der Waals surface area contributed by atoms with E-state index in [1.807, 2.05) is 6.92 Å². The van der Waals surface area contributed by atoms with Gasteiger partial charge >= 0.3 is 6.18 Å². The zero-order chi connectivity index (χ0) is 20.1. The van der Waals surface area contributed by atoms with Crippen molar-refractivity contribution in [3.8, 4) is 0 Å².